The summed E-state index contributed by atoms with van der Waals surface area (Å²) in [5.74, 6) is 0.554. The number of aryl methyl sites for hydroxylation is 1. The molecule has 18 heavy (non-hydrogen) atoms. The molecule has 0 saturated carbocycles. The Hall–Kier alpha value is -1.51. The van der Waals surface area contributed by atoms with Crippen molar-refractivity contribution in [2.75, 3.05) is 0 Å². The molecule has 90 valence electrons. The van der Waals surface area contributed by atoms with E-state index in [4.69, 9.17) is 27.6 Å². The Labute approximate surface area is 114 Å². The average molecular weight is 278 g/mol. The molecule has 0 atom stereocenters. The first-order chi connectivity index (χ1) is 8.63. The zero-order valence-electron chi connectivity index (χ0n) is 9.58. The lowest BCUT2D eigenvalue weighted by molar-refractivity contribution is 0.620. The van der Waals surface area contributed by atoms with E-state index in [1.165, 1.54) is 0 Å². The maximum absolute atomic E-state index is 6.08. The maximum atomic E-state index is 6.08. The van der Waals surface area contributed by atoms with E-state index in [-0.39, 0.29) is 0 Å². The van der Waals surface area contributed by atoms with Gasteiger partial charge in [-0.1, -0.05) is 40.9 Å². The molecular weight excluding hydrogens is 269 g/mol. The molecule has 0 bridgehead atoms. The molecule has 0 saturated heterocycles. The second-order valence-electron chi connectivity index (χ2n) is 4.12. The topological polar surface area (TPSA) is 26.0 Å². The fourth-order valence-electron chi connectivity index (χ4n) is 1.86. The SMILES string of the molecule is Cc1cccc(-c2nc3cc(Cl)cc(Cl)c3o2)c1. The predicted octanol–water partition coefficient (Wildman–Crippen LogP) is 5.11. The van der Waals surface area contributed by atoms with Crippen LogP contribution in [0.1, 0.15) is 5.56 Å². The van der Waals surface area contributed by atoms with Crippen molar-refractivity contribution in [3.05, 3.63) is 52.0 Å². The zero-order valence-corrected chi connectivity index (χ0v) is 11.1. The highest BCUT2D eigenvalue weighted by molar-refractivity contribution is 6.38. The predicted molar refractivity (Wildman–Crippen MR) is 74.2 cm³/mol. The third-order valence-corrected chi connectivity index (χ3v) is 3.17. The van der Waals surface area contributed by atoms with E-state index in [0.29, 0.717) is 27.0 Å². The van der Waals surface area contributed by atoms with Crippen molar-refractivity contribution >= 4 is 34.3 Å². The molecule has 0 aliphatic carbocycles. The van der Waals surface area contributed by atoms with E-state index in [9.17, 15) is 0 Å². The molecule has 0 fully saturated rings. The Balaban J connectivity index is 2.22. The standard InChI is InChI=1S/C14H9Cl2NO/c1-8-3-2-4-9(5-8)14-17-12-7-10(15)6-11(16)13(12)18-14/h2-7H,1H3. The summed E-state index contributed by atoms with van der Waals surface area (Å²) in [4.78, 5) is 4.41. The van der Waals surface area contributed by atoms with Gasteiger partial charge in [-0.05, 0) is 31.2 Å². The highest BCUT2D eigenvalue weighted by atomic mass is 35.5. The van der Waals surface area contributed by atoms with E-state index in [0.717, 1.165) is 11.1 Å². The first-order valence-electron chi connectivity index (χ1n) is 5.46. The lowest BCUT2D eigenvalue weighted by Gasteiger charge is -1.96. The Kier molecular flexibility index (Phi) is 2.77. The van der Waals surface area contributed by atoms with Gasteiger partial charge in [0.1, 0.15) is 5.52 Å². The lowest BCUT2D eigenvalue weighted by atomic mass is 10.1. The van der Waals surface area contributed by atoms with Crippen LogP contribution < -0.4 is 0 Å². The van der Waals surface area contributed by atoms with Gasteiger partial charge in [-0.25, -0.2) is 4.98 Å². The Morgan fingerprint density at radius 1 is 1.11 bits per heavy atom. The summed E-state index contributed by atoms with van der Waals surface area (Å²) in [6, 6.07) is 11.3. The van der Waals surface area contributed by atoms with Gasteiger partial charge in [0, 0.05) is 10.6 Å². The molecule has 0 aliphatic heterocycles. The molecule has 0 amide bonds. The number of aromatic nitrogens is 1. The van der Waals surface area contributed by atoms with Crippen molar-refractivity contribution in [1.29, 1.82) is 0 Å². The number of benzene rings is 2. The fourth-order valence-corrected chi connectivity index (χ4v) is 2.38. The van der Waals surface area contributed by atoms with E-state index >= 15 is 0 Å². The third kappa shape index (κ3) is 1.98. The van der Waals surface area contributed by atoms with Gasteiger partial charge in [-0.2, -0.15) is 0 Å². The number of rotatable bonds is 1. The summed E-state index contributed by atoms with van der Waals surface area (Å²) in [5.41, 5.74) is 3.32. The van der Waals surface area contributed by atoms with E-state index in [1.807, 2.05) is 31.2 Å². The van der Waals surface area contributed by atoms with Crippen LogP contribution in [-0.4, -0.2) is 4.98 Å². The number of nitrogens with zero attached hydrogens (tertiary/aromatic N) is 1. The van der Waals surface area contributed by atoms with Gasteiger partial charge in [0.2, 0.25) is 5.89 Å². The molecule has 1 aromatic heterocycles. The van der Waals surface area contributed by atoms with Crippen molar-refractivity contribution in [3.8, 4) is 11.5 Å². The molecule has 0 aliphatic rings. The normalized spacial score (nSPS) is 11.1. The maximum Gasteiger partial charge on any atom is 0.227 e. The lowest BCUT2D eigenvalue weighted by Crippen LogP contribution is -1.78. The molecule has 0 radical (unpaired) electrons. The van der Waals surface area contributed by atoms with Gasteiger partial charge < -0.3 is 4.42 Å². The van der Waals surface area contributed by atoms with Crippen molar-refractivity contribution in [1.82, 2.24) is 4.98 Å². The van der Waals surface area contributed by atoms with Gasteiger partial charge >= 0.3 is 0 Å². The van der Waals surface area contributed by atoms with Crippen LogP contribution in [0.25, 0.3) is 22.6 Å². The van der Waals surface area contributed by atoms with Gasteiger partial charge in [-0.15, -0.1) is 0 Å². The molecule has 2 aromatic carbocycles. The summed E-state index contributed by atoms with van der Waals surface area (Å²) >= 11 is 12.0. The summed E-state index contributed by atoms with van der Waals surface area (Å²) in [6.07, 6.45) is 0. The second-order valence-corrected chi connectivity index (χ2v) is 4.97. The molecule has 1 heterocycles. The van der Waals surface area contributed by atoms with E-state index in [1.54, 1.807) is 12.1 Å². The first kappa shape index (κ1) is 11.6. The van der Waals surface area contributed by atoms with E-state index < -0.39 is 0 Å². The number of oxazole rings is 1. The van der Waals surface area contributed by atoms with Crippen LogP contribution in [0, 0.1) is 6.92 Å². The average Bonchev–Trinajstić information content (AvgIpc) is 2.73. The summed E-state index contributed by atoms with van der Waals surface area (Å²) in [6.45, 7) is 2.02. The Bertz CT molecular complexity index is 734. The van der Waals surface area contributed by atoms with E-state index in [2.05, 4.69) is 4.98 Å². The largest absolute Gasteiger partial charge is 0.435 e. The quantitative estimate of drug-likeness (QED) is 0.618. The molecular formula is C14H9Cl2NO. The first-order valence-corrected chi connectivity index (χ1v) is 6.22. The molecule has 0 unspecified atom stereocenters. The Morgan fingerprint density at radius 3 is 2.72 bits per heavy atom. The number of hydrogen-bond acceptors (Lipinski definition) is 2. The van der Waals surface area contributed by atoms with Crippen molar-refractivity contribution in [3.63, 3.8) is 0 Å². The summed E-state index contributed by atoms with van der Waals surface area (Å²) < 4.78 is 5.69. The molecule has 0 spiro atoms. The van der Waals surface area contributed by atoms with Gasteiger partial charge in [-0.3, -0.25) is 0 Å². The highest BCUT2D eigenvalue weighted by Gasteiger charge is 2.11. The number of halogens is 2. The van der Waals surface area contributed by atoms with Crippen LogP contribution in [0.5, 0.6) is 0 Å². The second kappa shape index (κ2) is 4.30. The van der Waals surface area contributed by atoms with Crippen LogP contribution in [0.15, 0.2) is 40.8 Å². The van der Waals surface area contributed by atoms with Crippen LogP contribution in [0.2, 0.25) is 10.0 Å². The minimum absolute atomic E-state index is 0.476. The molecule has 4 heteroatoms. The minimum Gasteiger partial charge on any atom is -0.435 e. The zero-order chi connectivity index (χ0) is 12.7. The highest BCUT2D eigenvalue weighted by Crippen LogP contribution is 2.31. The van der Waals surface area contributed by atoms with Crippen LogP contribution in [-0.2, 0) is 0 Å². The molecule has 0 N–H and O–H groups in total. The fraction of sp³-hybridized carbons (Fsp3) is 0.0714. The van der Waals surface area contributed by atoms with Crippen LogP contribution in [0.4, 0.5) is 0 Å². The minimum atomic E-state index is 0.476. The van der Waals surface area contributed by atoms with Crippen LogP contribution in [0.3, 0.4) is 0 Å². The summed E-state index contributed by atoms with van der Waals surface area (Å²) in [7, 11) is 0. The van der Waals surface area contributed by atoms with Crippen molar-refractivity contribution < 1.29 is 4.42 Å². The third-order valence-electron chi connectivity index (χ3n) is 2.67. The smallest absolute Gasteiger partial charge is 0.227 e. The van der Waals surface area contributed by atoms with Gasteiger partial charge in [0.25, 0.3) is 0 Å². The monoisotopic (exact) mass is 277 g/mol. The number of fused-ring (bicyclic) bond motifs is 1. The van der Waals surface area contributed by atoms with Gasteiger partial charge in [0.05, 0.1) is 5.02 Å². The van der Waals surface area contributed by atoms with Crippen LogP contribution >= 0.6 is 23.2 Å². The van der Waals surface area contributed by atoms with Crippen molar-refractivity contribution in [2.24, 2.45) is 0 Å². The number of hydrogen-bond donors (Lipinski definition) is 0. The molecule has 3 aromatic rings. The van der Waals surface area contributed by atoms with Crippen molar-refractivity contribution in [2.45, 2.75) is 6.92 Å². The molecule has 2 nitrogen and oxygen atoms in total. The summed E-state index contributed by atoms with van der Waals surface area (Å²) in [5, 5.41) is 1.03. The Morgan fingerprint density at radius 2 is 1.94 bits per heavy atom. The van der Waals surface area contributed by atoms with Gasteiger partial charge in [0.15, 0.2) is 5.58 Å². The molecule has 3 rings (SSSR count).